The number of carboxylic acid groups (broad SMARTS) is 1. The van der Waals surface area contributed by atoms with Gasteiger partial charge in [-0.1, -0.05) is 283 Å². The van der Waals surface area contributed by atoms with Gasteiger partial charge in [0.2, 0.25) is 0 Å². The van der Waals surface area contributed by atoms with E-state index in [0.29, 0.717) is 17.4 Å². The molecule has 0 spiro atoms. The Morgan fingerprint density at radius 3 is 1.01 bits per heavy atom. The zero-order chi connectivity index (χ0) is 53.4. The average molecular weight is 1030 g/mol. The van der Waals surface area contributed by atoms with E-state index in [1.807, 2.05) is 21.1 Å². The molecule has 0 bridgehead atoms. The van der Waals surface area contributed by atoms with E-state index in [1.165, 1.54) is 257 Å². The van der Waals surface area contributed by atoms with E-state index in [0.717, 1.165) is 38.5 Å². The highest BCUT2D eigenvalue weighted by molar-refractivity contribution is 5.70. The van der Waals surface area contributed by atoms with E-state index < -0.39 is 24.3 Å². The van der Waals surface area contributed by atoms with Crippen LogP contribution in [-0.2, 0) is 33.3 Å². The number of ether oxygens (including phenoxy) is 4. The fourth-order valence-electron chi connectivity index (χ4n) is 9.59. The summed E-state index contributed by atoms with van der Waals surface area (Å²) >= 11 is 0. The second-order valence-corrected chi connectivity index (χ2v) is 23.1. The second kappa shape index (κ2) is 56.2. The number of aliphatic carboxylic acids is 1. The van der Waals surface area contributed by atoms with E-state index in [4.69, 9.17) is 18.9 Å². The number of esters is 2. The van der Waals surface area contributed by atoms with Gasteiger partial charge in [0.1, 0.15) is 13.2 Å². The molecular weight excluding hydrogens is 911 g/mol. The highest BCUT2D eigenvalue weighted by Crippen LogP contribution is 2.18. The molecule has 2 atom stereocenters. The Labute approximate surface area is 453 Å². The molecule has 9 heteroatoms. The van der Waals surface area contributed by atoms with Crippen molar-refractivity contribution in [2.75, 3.05) is 47.5 Å². The van der Waals surface area contributed by atoms with Crippen molar-refractivity contribution in [2.24, 2.45) is 0 Å². The first-order valence-electron chi connectivity index (χ1n) is 31.8. The van der Waals surface area contributed by atoms with Crippen molar-refractivity contribution in [3.05, 3.63) is 12.2 Å². The lowest BCUT2D eigenvalue weighted by atomic mass is 10.0. The molecule has 0 heterocycles. The molecule has 0 aliphatic rings. The average Bonchev–Trinajstić information content (AvgIpc) is 3.36. The summed E-state index contributed by atoms with van der Waals surface area (Å²) in [7, 11) is 5.92. The molecule has 0 amide bonds. The van der Waals surface area contributed by atoms with Gasteiger partial charge in [-0.05, 0) is 38.5 Å². The minimum Gasteiger partial charge on any atom is -0.545 e. The third kappa shape index (κ3) is 57.6. The summed E-state index contributed by atoms with van der Waals surface area (Å²) in [6.07, 6.45) is 63.6. The zero-order valence-electron chi connectivity index (χ0n) is 49.3. The Balaban J connectivity index is 3.74. The lowest BCUT2D eigenvalue weighted by Gasteiger charge is -2.26. The minimum absolute atomic E-state index is 0.152. The third-order valence-electron chi connectivity index (χ3n) is 14.5. The number of hydrogen-bond donors (Lipinski definition) is 0. The molecule has 0 saturated carbocycles. The normalized spacial score (nSPS) is 12.7. The Hall–Kier alpha value is -1.97. The van der Waals surface area contributed by atoms with E-state index in [2.05, 4.69) is 26.0 Å². The number of nitrogens with zero attached hydrogens (tertiary/aromatic N) is 1. The van der Waals surface area contributed by atoms with Crippen LogP contribution in [0.3, 0.4) is 0 Å². The van der Waals surface area contributed by atoms with Gasteiger partial charge in [0, 0.05) is 12.8 Å². The minimum atomic E-state index is -1.61. The monoisotopic (exact) mass is 1030 g/mol. The number of unbranched alkanes of at least 4 members (excludes halogenated alkanes) is 43. The van der Waals surface area contributed by atoms with Crippen molar-refractivity contribution in [2.45, 2.75) is 334 Å². The molecule has 73 heavy (non-hydrogen) atoms. The highest BCUT2D eigenvalue weighted by Gasteiger charge is 2.22. The number of likely N-dealkylation sites (N-methyl/N-ethyl adjacent to an activating group) is 1. The maximum atomic E-state index is 12.8. The molecule has 432 valence electrons. The predicted molar refractivity (Wildman–Crippen MR) is 307 cm³/mol. The standard InChI is InChI=1S/C64H123NO8/c1-6-8-10-12-14-15-16-17-18-19-20-21-22-23-24-25-26-27-28-29-30-31-32-33-34-35-36-37-38-39-40-41-42-43-44-45-46-47-49-51-53-55-62(67)73-60(58-71-61(66)54-52-50-48-13-11-9-7-2)59-72-64(63(68)69)70-57-56-65(3,4)5/h19-20,60,64H,6-18,21-59H2,1-5H3/b20-19-. The van der Waals surface area contributed by atoms with Crippen molar-refractivity contribution in [1.82, 2.24) is 0 Å². The molecule has 2 unspecified atom stereocenters. The lowest BCUT2D eigenvalue weighted by molar-refractivity contribution is -0.870. The highest BCUT2D eigenvalue weighted by atomic mass is 16.7. The van der Waals surface area contributed by atoms with Crippen LogP contribution in [-0.4, -0.2) is 82.3 Å². The fraction of sp³-hybridized carbons (Fsp3) is 0.922. The Bertz CT molecular complexity index is 1200. The van der Waals surface area contributed by atoms with Crippen LogP contribution in [0.1, 0.15) is 322 Å². The number of quaternary nitrogens is 1. The SMILES string of the molecule is CCCCCCCCCC/C=C\CCCCCCCCCCCCCCCCCCCCCCCCCCCCCCCC(=O)OC(COC(=O)CCCCCCCCC)COC(OCC[N+](C)(C)C)C(=O)[O-]. The summed E-state index contributed by atoms with van der Waals surface area (Å²) in [6, 6.07) is 0. The molecule has 0 saturated heterocycles. The Kier molecular flexibility index (Phi) is 54.7. The van der Waals surface area contributed by atoms with Crippen molar-refractivity contribution >= 4 is 17.9 Å². The molecule has 0 radical (unpaired) electrons. The van der Waals surface area contributed by atoms with Crippen LogP contribution in [0.25, 0.3) is 0 Å². The van der Waals surface area contributed by atoms with Gasteiger partial charge >= 0.3 is 11.9 Å². The summed E-state index contributed by atoms with van der Waals surface area (Å²) in [5.74, 6) is -2.27. The molecule has 0 aliphatic carbocycles. The van der Waals surface area contributed by atoms with Crippen LogP contribution in [0.5, 0.6) is 0 Å². The van der Waals surface area contributed by atoms with Gasteiger partial charge in [0.25, 0.3) is 0 Å². The second-order valence-electron chi connectivity index (χ2n) is 23.1. The van der Waals surface area contributed by atoms with Crippen LogP contribution in [0.15, 0.2) is 12.2 Å². The molecule has 0 aromatic carbocycles. The van der Waals surface area contributed by atoms with Gasteiger partial charge < -0.3 is 33.3 Å². The van der Waals surface area contributed by atoms with E-state index in [9.17, 15) is 19.5 Å². The summed E-state index contributed by atoms with van der Waals surface area (Å²) < 4.78 is 22.6. The van der Waals surface area contributed by atoms with Gasteiger partial charge in [-0.2, -0.15) is 0 Å². The number of hydrogen-bond acceptors (Lipinski definition) is 8. The quantitative estimate of drug-likeness (QED) is 0.0195. The topological polar surface area (TPSA) is 111 Å². The molecule has 0 aromatic rings. The van der Waals surface area contributed by atoms with Crippen molar-refractivity contribution in [1.29, 1.82) is 0 Å². The summed E-state index contributed by atoms with van der Waals surface area (Å²) in [6.45, 7) is 4.74. The largest absolute Gasteiger partial charge is 0.545 e. The van der Waals surface area contributed by atoms with Crippen LogP contribution in [0, 0.1) is 0 Å². The molecule has 0 rings (SSSR count). The summed E-state index contributed by atoms with van der Waals surface area (Å²) in [5.41, 5.74) is 0. The first kappa shape index (κ1) is 71.0. The van der Waals surface area contributed by atoms with Crippen molar-refractivity contribution in [3.8, 4) is 0 Å². The van der Waals surface area contributed by atoms with Gasteiger partial charge in [-0.3, -0.25) is 9.59 Å². The number of carboxylic acids is 1. The van der Waals surface area contributed by atoms with Gasteiger partial charge in [-0.15, -0.1) is 0 Å². The number of carbonyl (C=O) groups excluding carboxylic acids is 3. The third-order valence-corrected chi connectivity index (χ3v) is 14.5. The van der Waals surface area contributed by atoms with Crippen molar-refractivity contribution < 1.29 is 42.9 Å². The summed E-state index contributed by atoms with van der Waals surface area (Å²) in [4.78, 5) is 37.0. The number of allylic oxidation sites excluding steroid dienone is 2. The van der Waals surface area contributed by atoms with E-state index >= 15 is 0 Å². The van der Waals surface area contributed by atoms with Gasteiger partial charge in [0.05, 0.1) is 40.3 Å². The first-order valence-corrected chi connectivity index (χ1v) is 31.8. The Morgan fingerprint density at radius 1 is 0.397 bits per heavy atom. The molecular formula is C64H123NO8. The van der Waals surface area contributed by atoms with Crippen LogP contribution in [0.2, 0.25) is 0 Å². The maximum absolute atomic E-state index is 12.8. The zero-order valence-corrected chi connectivity index (χ0v) is 49.3. The summed E-state index contributed by atoms with van der Waals surface area (Å²) in [5, 5.41) is 11.7. The van der Waals surface area contributed by atoms with Crippen LogP contribution in [0.4, 0.5) is 0 Å². The molecule has 0 fully saturated rings. The molecule has 0 N–H and O–H groups in total. The van der Waals surface area contributed by atoms with Crippen LogP contribution < -0.4 is 5.11 Å². The Morgan fingerprint density at radius 2 is 0.699 bits per heavy atom. The van der Waals surface area contributed by atoms with Gasteiger partial charge in [-0.25, -0.2) is 0 Å². The number of rotatable bonds is 60. The van der Waals surface area contributed by atoms with Crippen molar-refractivity contribution in [3.63, 3.8) is 0 Å². The fourth-order valence-corrected chi connectivity index (χ4v) is 9.59. The van der Waals surface area contributed by atoms with E-state index in [1.54, 1.807) is 0 Å². The first-order chi connectivity index (χ1) is 35.6. The van der Waals surface area contributed by atoms with Crippen LogP contribution >= 0.6 is 0 Å². The molecule has 9 nitrogen and oxygen atoms in total. The predicted octanol–water partition coefficient (Wildman–Crippen LogP) is 17.6. The molecule has 0 aromatic heterocycles. The van der Waals surface area contributed by atoms with Gasteiger partial charge in [0.15, 0.2) is 12.4 Å². The smallest absolute Gasteiger partial charge is 0.306 e. The van der Waals surface area contributed by atoms with E-state index in [-0.39, 0.29) is 32.2 Å². The molecule has 0 aliphatic heterocycles. The lowest BCUT2D eigenvalue weighted by Crippen LogP contribution is -2.44. The number of carbonyl (C=O) groups is 3. The maximum Gasteiger partial charge on any atom is 0.306 e.